The molecule has 0 unspecified atom stereocenters. The van der Waals surface area contributed by atoms with Crippen LogP contribution < -0.4 is 15.4 Å². The summed E-state index contributed by atoms with van der Waals surface area (Å²) in [6.07, 6.45) is 0.923. The fourth-order valence-electron chi connectivity index (χ4n) is 2.93. The van der Waals surface area contributed by atoms with Gasteiger partial charge in [0.1, 0.15) is 11.6 Å². The van der Waals surface area contributed by atoms with Gasteiger partial charge < -0.3 is 15.4 Å². The number of anilines is 2. The maximum Gasteiger partial charge on any atom is 0.276 e. The van der Waals surface area contributed by atoms with Crippen LogP contribution in [0.1, 0.15) is 21.6 Å². The van der Waals surface area contributed by atoms with E-state index < -0.39 is 0 Å². The molecular weight excluding hydrogens is 408 g/mol. The summed E-state index contributed by atoms with van der Waals surface area (Å²) in [5, 5.41) is 14.1. The van der Waals surface area contributed by atoms with Crippen LogP contribution >= 0.6 is 15.9 Å². The lowest BCUT2D eigenvalue weighted by molar-refractivity contribution is 0.102. The predicted octanol–water partition coefficient (Wildman–Crippen LogP) is 4.04. The first-order chi connectivity index (χ1) is 13.2. The van der Waals surface area contributed by atoms with Crippen LogP contribution in [-0.2, 0) is 13.0 Å². The summed E-state index contributed by atoms with van der Waals surface area (Å²) >= 11 is 3.54. The molecule has 1 aromatic heterocycles. The molecular formula is C20H17BrN4O2. The number of benzene rings is 2. The average Bonchev–Trinajstić information content (AvgIpc) is 3.15. The largest absolute Gasteiger partial charge is 0.493 e. The molecule has 136 valence electrons. The molecule has 0 atom stereocenters. The van der Waals surface area contributed by atoms with Crippen molar-refractivity contribution in [3.8, 4) is 5.75 Å². The van der Waals surface area contributed by atoms with Gasteiger partial charge in [-0.1, -0.05) is 34.1 Å². The first-order valence-corrected chi connectivity index (χ1v) is 9.36. The summed E-state index contributed by atoms with van der Waals surface area (Å²) in [7, 11) is 0. The number of hydrogen-bond donors (Lipinski definition) is 2. The number of halogens is 1. The number of rotatable bonds is 5. The Morgan fingerprint density at radius 2 is 1.96 bits per heavy atom. The molecule has 2 heterocycles. The second kappa shape index (κ2) is 7.75. The first kappa shape index (κ1) is 17.5. The molecule has 1 aliphatic rings. The van der Waals surface area contributed by atoms with Crippen LogP contribution in [0.4, 0.5) is 11.5 Å². The van der Waals surface area contributed by atoms with E-state index in [1.165, 1.54) is 5.56 Å². The topological polar surface area (TPSA) is 76.1 Å². The van der Waals surface area contributed by atoms with Crippen LogP contribution in [0.5, 0.6) is 5.75 Å². The lowest BCUT2D eigenvalue weighted by Crippen LogP contribution is -2.14. The highest BCUT2D eigenvalue weighted by Crippen LogP contribution is 2.33. The van der Waals surface area contributed by atoms with Crippen LogP contribution in [0, 0.1) is 0 Å². The molecule has 1 aliphatic heterocycles. The van der Waals surface area contributed by atoms with Gasteiger partial charge in [0.15, 0.2) is 5.69 Å². The monoisotopic (exact) mass is 424 g/mol. The Labute approximate surface area is 165 Å². The van der Waals surface area contributed by atoms with Crippen molar-refractivity contribution in [2.75, 3.05) is 17.2 Å². The van der Waals surface area contributed by atoms with Gasteiger partial charge in [-0.05, 0) is 42.0 Å². The van der Waals surface area contributed by atoms with Crippen molar-refractivity contribution < 1.29 is 9.53 Å². The Morgan fingerprint density at radius 1 is 1.11 bits per heavy atom. The van der Waals surface area contributed by atoms with E-state index in [1.807, 2.05) is 36.4 Å². The van der Waals surface area contributed by atoms with Crippen molar-refractivity contribution >= 4 is 33.3 Å². The van der Waals surface area contributed by atoms with Crippen LogP contribution in [0.3, 0.4) is 0 Å². The molecule has 6 nitrogen and oxygen atoms in total. The van der Waals surface area contributed by atoms with Crippen molar-refractivity contribution in [1.82, 2.24) is 10.2 Å². The summed E-state index contributed by atoms with van der Waals surface area (Å²) in [6.45, 7) is 1.27. The Morgan fingerprint density at radius 3 is 2.74 bits per heavy atom. The van der Waals surface area contributed by atoms with Gasteiger partial charge in [0.05, 0.1) is 6.61 Å². The minimum Gasteiger partial charge on any atom is -0.493 e. The molecule has 27 heavy (non-hydrogen) atoms. The zero-order valence-corrected chi connectivity index (χ0v) is 16.0. The third-order valence-corrected chi connectivity index (χ3v) is 4.67. The Kier molecular flexibility index (Phi) is 5.02. The lowest BCUT2D eigenvalue weighted by Gasteiger charge is -2.11. The summed E-state index contributed by atoms with van der Waals surface area (Å²) in [6, 6.07) is 16.8. The van der Waals surface area contributed by atoms with Gasteiger partial charge in [-0.25, -0.2) is 0 Å². The fraction of sp³-hybridized carbons (Fsp3) is 0.150. The van der Waals surface area contributed by atoms with E-state index in [0.717, 1.165) is 27.9 Å². The molecule has 3 aromatic rings. The van der Waals surface area contributed by atoms with Gasteiger partial charge in [0, 0.05) is 28.7 Å². The Hall–Kier alpha value is -2.93. The van der Waals surface area contributed by atoms with Crippen LogP contribution in [0.15, 0.2) is 59.1 Å². The van der Waals surface area contributed by atoms with E-state index >= 15 is 0 Å². The van der Waals surface area contributed by atoms with E-state index in [9.17, 15) is 4.79 Å². The van der Waals surface area contributed by atoms with Crippen LogP contribution in [0.2, 0.25) is 0 Å². The predicted molar refractivity (Wildman–Crippen MR) is 107 cm³/mol. The minimum absolute atomic E-state index is 0.260. The van der Waals surface area contributed by atoms with Gasteiger partial charge >= 0.3 is 0 Å². The van der Waals surface area contributed by atoms with E-state index in [0.29, 0.717) is 19.0 Å². The number of carbonyl (C=O) groups excluding carboxylic acids is 1. The zero-order chi connectivity index (χ0) is 18.6. The highest BCUT2D eigenvalue weighted by atomic mass is 79.9. The summed E-state index contributed by atoms with van der Waals surface area (Å²) in [4.78, 5) is 12.2. The number of carbonyl (C=O) groups is 1. The molecule has 1 amide bonds. The Bertz CT molecular complexity index is 962. The van der Waals surface area contributed by atoms with Gasteiger partial charge in [-0.15, -0.1) is 10.2 Å². The highest BCUT2D eigenvalue weighted by Gasteiger charge is 2.17. The second-order valence-electron chi connectivity index (χ2n) is 6.13. The summed E-state index contributed by atoms with van der Waals surface area (Å²) in [5.74, 6) is 1.24. The third-order valence-electron chi connectivity index (χ3n) is 4.21. The second-order valence-corrected chi connectivity index (χ2v) is 7.04. The van der Waals surface area contributed by atoms with Crippen LogP contribution in [-0.4, -0.2) is 22.7 Å². The molecule has 0 saturated heterocycles. The van der Waals surface area contributed by atoms with E-state index in [2.05, 4.69) is 42.8 Å². The van der Waals surface area contributed by atoms with Gasteiger partial charge in [-0.3, -0.25) is 4.79 Å². The van der Waals surface area contributed by atoms with Crippen molar-refractivity contribution in [2.45, 2.75) is 13.0 Å². The number of hydrogen-bond acceptors (Lipinski definition) is 5. The van der Waals surface area contributed by atoms with E-state index in [-0.39, 0.29) is 11.6 Å². The fourth-order valence-corrected chi connectivity index (χ4v) is 3.48. The normalized spacial score (nSPS) is 12.2. The molecule has 2 N–H and O–H groups in total. The molecule has 2 aromatic carbocycles. The molecule has 0 radical (unpaired) electrons. The molecule has 0 bridgehead atoms. The zero-order valence-electron chi connectivity index (χ0n) is 14.4. The number of ether oxygens (including phenoxy) is 1. The smallest absolute Gasteiger partial charge is 0.276 e. The van der Waals surface area contributed by atoms with E-state index in [4.69, 9.17) is 4.74 Å². The summed E-state index contributed by atoms with van der Waals surface area (Å²) in [5.41, 5.74) is 3.25. The number of aromatic nitrogens is 2. The quantitative estimate of drug-likeness (QED) is 0.646. The minimum atomic E-state index is -0.293. The van der Waals surface area contributed by atoms with Crippen molar-refractivity contribution in [2.24, 2.45) is 0 Å². The maximum atomic E-state index is 12.2. The number of fused-ring (bicyclic) bond motifs is 1. The van der Waals surface area contributed by atoms with Crippen molar-refractivity contribution in [3.05, 3.63) is 75.9 Å². The molecule has 0 saturated carbocycles. The van der Waals surface area contributed by atoms with Crippen LogP contribution in [0.25, 0.3) is 0 Å². The molecule has 0 aliphatic carbocycles. The SMILES string of the molecule is O=C(Nc1ccccc1)c1ccc(NCc2cc(Br)cc3c2OCC3)nn1. The lowest BCUT2D eigenvalue weighted by atomic mass is 10.1. The number of nitrogens with one attached hydrogen (secondary N) is 2. The van der Waals surface area contributed by atoms with Crippen molar-refractivity contribution in [3.63, 3.8) is 0 Å². The third kappa shape index (κ3) is 4.09. The van der Waals surface area contributed by atoms with Gasteiger partial charge in [-0.2, -0.15) is 0 Å². The van der Waals surface area contributed by atoms with Crippen molar-refractivity contribution in [1.29, 1.82) is 0 Å². The van der Waals surface area contributed by atoms with Gasteiger partial charge in [0.25, 0.3) is 5.91 Å². The first-order valence-electron chi connectivity index (χ1n) is 8.57. The number of nitrogens with zero attached hydrogens (tertiary/aromatic N) is 2. The van der Waals surface area contributed by atoms with Gasteiger partial charge in [0.2, 0.25) is 0 Å². The maximum absolute atomic E-state index is 12.2. The molecule has 0 fully saturated rings. The standard InChI is InChI=1S/C20H17BrN4O2/c21-15-10-13-8-9-27-19(13)14(11-15)12-22-18-7-6-17(24-25-18)20(26)23-16-4-2-1-3-5-16/h1-7,10-11H,8-9,12H2,(H,22,25)(H,23,26). The number of amides is 1. The summed E-state index contributed by atoms with van der Waals surface area (Å²) < 4.78 is 6.76. The molecule has 7 heteroatoms. The molecule has 4 rings (SSSR count). The highest BCUT2D eigenvalue weighted by molar-refractivity contribution is 9.10. The Balaban J connectivity index is 1.41. The number of para-hydroxylation sites is 1. The van der Waals surface area contributed by atoms with E-state index in [1.54, 1.807) is 12.1 Å². The average molecular weight is 425 g/mol. The molecule has 0 spiro atoms.